The lowest BCUT2D eigenvalue weighted by atomic mass is 10.1. The van der Waals surface area contributed by atoms with Crippen molar-refractivity contribution in [2.75, 3.05) is 6.61 Å². The Balaban J connectivity index is 2.01. The number of ketones is 1. The summed E-state index contributed by atoms with van der Waals surface area (Å²) in [4.78, 5) is 23.8. The Morgan fingerprint density at radius 3 is 2.55 bits per heavy atom. The van der Waals surface area contributed by atoms with Gasteiger partial charge in [0.25, 0.3) is 0 Å². The van der Waals surface area contributed by atoms with Crippen LogP contribution in [0.2, 0.25) is 0 Å². The first-order chi connectivity index (χ1) is 9.58. The minimum Gasteiger partial charge on any atom is -0.454 e. The van der Waals surface area contributed by atoms with E-state index in [1.807, 2.05) is 19.1 Å². The maximum absolute atomic E-state index is 12.0. The third-order valence-electron chi connectivity index (χ3n) is 2.76. The molecule has 0 aromatic heterocycles. The van der Waals surface area contributed by atoms with Gasteiger partial charge in [-0.25, -0.2) is 4.79 Å². The van der Waals surface area contributed by atoms with Gasteiger partial charge in [-0.3, -0.25) is 4.79 Å². The van der Waals surface area contributed by atoms with Crippen molar-refractivity contribution in [3.8, 4) is 0 Å². The molecule has 0 N–H and O–H groups in total. The largest absolute Gasteiger partial charge is 0.454 e. The third kappa shape index (κ3) is 3.54. The molecule has 0 amide bonds. The molecule has 2 aromatic rings. The van der Waals surface area contributed by atoms with Crippen molar-refractivity contribution < 1.29 is 14.3 Å². The third-order valence-corrected chi connectivity index (χ3v) is 3.45. The molecule has 0 unspecified atom stereocenters. The van der Waals surface area contributed by atoms with Gasteiger partial charge in [0.15, 0.2) is 6.61 Å². The molecular weight excluding hydrogens is 320 g/mol. The van der Waals surface area contributed by atoms with E-state index in [1.165, 1.54) is 0 Å². The van der Waals surface area contributed by atoms with Crippen molar-refractivity contribution in [1.82, 2.24) is 0 Å². The van der Waals surface area contributed by atoms with Gasteiger partial charge in [-0.1, -0.05) is 51.8 Å². The number of ether oxygens (including phenoxy) is 1. The summed E-state index contributed by atoms with van der Waals surface area (Å²) in [5, 5.41) is 0. The normalized spacial score (nSPS) is 10.1. The summed E-state index contributed by atoms with van der Waals surface area (Å²) in [7, 11) is 0. The van der Waals surface area contributed by atoms with Crippen LogP contribution in [0.15, 0.2) is 53.0 Å². The zero-order valence-electron chi connectivity index (χ0n) is 10.9. The van der Waals surface area contributed by atoms with Crippen LogP contribution in [-0.2, 0) is 4.74 Å². The minimum atomic E-state index is -0.492. The SMILES string of the molecule is Cc1cccc(C(=O)OCC(=O)c2ccccc2Br)c1. The van der Waals surface area contributed by atoms with Crippen molar-refractivity contribution >= 4 is 27.7 Å². The van der Waals surface area contributed by atoms with Crippen LogP contribution in [0.5, 0.6) is 0 Å². The van der Waals surface area contributed by atoms with Crippen LogP contribution in [0.1, 0.15) is 26.3 Å². The number of benzene rings is 2. The fourth-order valence-corrected chi connectivity index (χ4v) is 2.26. The van der Waals surface area contributed by atoms with E-state index in [0.717, 1.165) is 5.56 Å². The van der Waals surface area contributed by atoms with Crippen LogP contribution in [0.3, 0.4) is 0 Å². The molecule has 102 valence electrons. The second-order valence-electron chi connectivity index (χ2n) is 4.35. The van der Waals surface area contributed by atoms with Crippen LogP contribution >= 0.6 is 15.9 Å². The summed E-state index contributed by atoms with van der Waals surface area (Å²) >= 11 is 3.30. The Morgan fingerprint density at radius 1 is 1.10 bits per heavy atom. The summed E-state index contributed by atoms with van der Waals surface area (Å²) in [5.74, 6) is -0.729. The molecule has 4 heteroatoms. The summed E-state index contributed by atoms with van der Waals surface area (Å²) in [6.07, 6.45) is 0. The fraction of sp³-hybridized carbons (Fsp3) is 0.125. The zero-order chi connectivity index (χ0) is 14.5. The lowest BCUT2D eigenvalue weighted by Gasteiger charge is -2.06. The van der Waals surface area contributed by atoms with Gasteiger partial charge in [0.2, 0.25) is 5.78 Å². The van der Waals surface area contributed by atoms with Gasteiger partial charge in [0.1, 0.15) is 0 Å². The molecule has 0 spiro atoms. The molecule has 0 saturated heterocycles. The highest BCUT2D eigenvalue weighted by Crippen LogP contribution is 2.16. The van der Waals surface area contributed by atoms with E-state index in [0.29, 0.717) is 15.6 Å². The maximum Gasteiger partial charge on any atom is 0.338 e. The van der Waals surface area contributed by atoms with Gasteiger partial charge < -0.3 is 4.74 Å². The first kappa shape index (κ1) is 14.5. The van der Waals surface area contributed by atoms with E-state index in [4.69, 9.17) is 4.74 Å². The number of aryl methyl sites for hydroxylation is 1. The number of hydrogen-bond donors (Lipinski definition) is 0. The quantitative estimate of drug-likeness (QED) is 0.631. The van der Waals surface area contributed by atoms with Gasteiger partial charge in [0.05, 0.1) is 5.56 Å². The van der Waals surface area contributed by atoms with E-state index in [9.17, 15) is 9.59 Å². The summed E-state index contributed by atoms with van der Waals surface area (Å²) < 4.78 is 5.74. The number of halogens is 1. The van der Waals surface area contributed by atoms with Crippen molar-refractivity contribution in [2.24, 2.45) is 0 Å². The van der Waals surface area contributed by atoms with Crippen molar-refractivity contribution in [3.63, 3.8) is 0 Å². The molecule has 0 radical (unpaired) electrons. The molecule has 0 bridgehead atoms. The monoisotopic (exact) mass is 332 g/mol. The number of esters is 1. The van der Waals surface area contributed by atoms with Gasteiger partial charge in [-0.05, 0) is 25.1 Å². The van der Waals surface area contributed by atoms with E-state index in [1.54, 1.807) is 36.4 Å². The van der Waals surface area contributed by atoms with E-state index in [-0.39, 0.29) is 12.4 Å². The number of carbonyl (C=O) groups is 2. The number of hydrogen-bond acceptors (Lipinski definition) is 3. The van der Waals surface area contributed by atoms with Crippen molar-refractivity contribution in [2.45, 2.75) is 6.92 Å². The Morgan fingerprint density at radius 2 is 1.85 bits per heavy atom. The predicted molar refractivity (Wildman–Crippen MR) is 79.9 cm³/mol. The van der Waals surface area contributed by atoms with Crippen LogP contribution in [0, 0.1) is 6.92 Å². The Hall–Kier alpha value is -1.94. The fourth-order valence-electron chi connectivity index (χ4n) is 1.75. The standard InChI is InChI=1S/C16H13BrO3/c1-11-5-4-6-12(9-11)16(19)20-10-15(18)13-7-2-3-8-14(13)17/h2-9H,10H2,1H3. The average Bonchev–Trinajstić information content (AvgIpc) is 2.45. The minimum absolute atomic E-state index is 0.238. The maximum atomic E-state index is 12.0. The van der Waals surface area contributed by atoms with Crippen LogP contribution in [0.4, 0.5) is 0 Å². The van der Waals surface area contributed by atoms with Gasteiger partial charge >= 0.3 is 5.97 Å². The molecule has 0 fully saturated rings. The molecule has 0 aliphatic rings. The summed E-state index contributed by atoms with van der Waals surface area (Å²) in [6.45, 7) is 1.62. The Bertz CT molecular complexity index is 650. The lowest BCUT2D eigenvalue weighted by molar-refractivity contribution is 0.0474. The zero-order valence-corrected chi connectivity index (χ0v) is 12.5. The molecule has 0 heterocycles. The highest BCUT2D eigenvalue weighted by Gasteiger charge is 2.13. The topological polar surface area (TPSA) is 43.4 Å². The van der Waals surface area contributed by atoms with Crippen LogP contribution in [-0.4, -0.2) is 18.4 Å². The van der Waals surface area contributed by atoms with Crippen LogP contribution < -0.4 is 0 Å². The molecule has 3 nitrogen and oxygen atoms in total. The Labute approximate surface area is 125 Å². The summed E-state index contributed by atoms with van der Waals surface area (Å²) in [6, 6.07) is 14.1. The van der Waals surface area contributed by atoms with Gasteiger partial charge in [0, 0.05) is 10.0 Å². The first-order valence-electron chi connectivity index (χ1n) is 6.09. The Kier molecular flexibility index (Phi) is 4.69. The number of carbonyl (C=O) groups excluding carboxylic acids is 2. The predicted octanol–water partition coefficient (Wildman–Crippen LogP) is 3.80. The van der Waals surface area contributed by atoms with Crippen molar-refractivity contribution in [1.29, 1.82) is 0 Å². The van der Waals surface area contributed by atoms with Gasteiger partial charge in [-0.2, -0.15) is 0 Å². The van der Waals surface area contributed by atoms with Crippen molar-refractivity contribution in [3.05, 3.63) is 69.7 Å². The number of rotatable bonds is 4. The smallest absolute Gasteiger partial charge is 0.338 e. The second kappa shape index (κ2) is 6.48. The molecule has 0 atom stereocenters. The highest BCUT2D eigenvalue weighted by atomic mass is 79.9. The molecular formula is C16H13BrO3. The average molecular weight is 333 g/mol. The highest BCUT2D eigenvalue weighted by molar-refractivity contribution is 9.10. The molecule has 2 aromatic carbocycles. The van der Waals surface area contributed by atoms with Crippen LogP contribution in [0.25, 0.3) is 0 Å². The van der Waals surface area contributed by atoms with E-state index in [2.05, 4.69) is 15.9 Å². The lowest BCUT2D eigenvalue weighted by Crippen LogP contribution is -2.14. The second-order valence-corrected chi connectivity index (χ2v) is 5.20. The van der Waals surface area contributed by atoms with E-state index < -0.39 is 5.97 Å². The first-order valence-corrected chi connectivity index (χ1v) is 6.89. The summed E-state index contributed by atoms with van der Waals surface area (Å²) in [5.41, 5.74) is 1.92. The molecule has 2 rings (SSSR count). The van der Waals surface area contributed by atoms with E-state index >= 15 is 0 Å². The molecule has 20 heavy (non-hydrogen) atoms. The molecule has 0 aliphatic heterocycles. The number of Topliss-reactive ketones (excluding diaryl/α,β-unsaturated/α-hetero) is 1. The van der Waals surface area contributed by atoms with Gasteiger partial charge in [-0.15, -0.1) is 0 Å². The molecule has 0 aliphatic carbocycles. The molecule has 0 saturated carbocycles.